The first-order chi connectivity index (χ1) is 9.40. The van der Waals surface area contributed by atoms with Gasteiger partial charge in [0.05, 0.1) is 10.6 Å². The van der Waals surface area contributed by atoms with Crippen LogP contribution in [0.4, 0.5) is 10.1 Å². The topological polar surface area (TPSA) is 114 Å². The molecule has 4 N–H and O–H groups in total. The van der Waals surface area contributed by atoms with Crippen molar-refractivity contribution in [3.8, 4) is 0 Å². The summed E-state index contributed by atoms with van der Waals surface area (Å²) < 4.78 is 39.9. The van der Waals surface area contributed by atoms with Crippen LogP contribution in [0, 0.1) is 12.7 Å². The molecule has 0 unspecified atom stereocenters. The van der Waals surface area contributed by atoms with Gasteiger partial charge in [0.1, 0.15) is 18.0 Å². The van der Waals surface area contributed by atoms with E-state index < -0.39 is 15.8 Å². The van der Waals surface area contributed by atoms with E-state index in [2.05, 4.69) is 19.9 Å². The smallest absolute Gasteiger partial charge is 0.240 e. The van der Waals surface area contributed by atoms with Crippen molar-refractivity contribution in [3.05, 3.63) is 35.7 Å². The molecule has 108 valence electrons. The molecule has 20 heavy (non-hydrogen) atoms. The number of halogens is 1. The van der Waals surface area contributed by atoms with E-state index in [0.717, 1.165) is 12.1 Å². The van der Waals surface area contributed by atoms with E-state index in [1.165, 1.54) is 13.3 Å². The van der Waals surface area contributed by atoms with Crippen LogP contribution in [-0.4, -0.2) is 30.1 Å². The van der Waals surface area contributed by atoms with E-state index in [1.807, 2.05) is 0 Å². The third kappa shape index (κ3) is 3.11. The number of aryl methyl sites for hydroxylation is 1. The fraction of sp³-hybridized carbons (Fsp3) is 0.273. The van der Waals surface area contributed by atoms with Crippen molar-refractivity contribution in [3.63, 3.8) is 0 Å². The second-order valence-electron chi connectivity index (χ2n) is 4.22. The summed E-state index contributed by atoms with van der Waals surface area (Å²) >= 11 is 0. The van der Waals surface area contributed by atoms with Gasteiger partial charge in [-0.25, -0.2) is 22.5 Å². The predicted octanol–water partition coefficient (Wildman–Crippen LogP) is 0.355. The highest BCUT2D eigenvalue weighted by atomic mass is 32.2. The normalized spacial score (nSPS) is 11.7. The molecule has 0 saturated carbocycles. The number of anilines is 1. The highest BCUT2D eigenvalue weighted by Gasteiger charge is 2.18. The van der Waals surface area contributed by atoms with E-state index in [0.29, 0.717) is 17.8 Å². The second-order valence-corrected chi connectivity index (χ2v) is 5.95. The lowest BCUT2D eigenvalue weighted by molar-refractivity contribution is 0.579. The number of benzene rings is 1. The van der Waals surface area contributed by atoms with Gasteiger partial charge in [-0.05, 0) is 24.6 Å². The number of nitrogens with one attached hydrogen (secondary N) is 2. The maximum absolute atomic E-state index is 13.2. The summed E-state index contributed by atoms with van der Waals surface area (Å²) in [6.45, 7) is 1.65. The predicted molar refractivity (Wildman–Crippen MR) is 70.8 cm³/mol. The third-order valence-corrected chi connectivity index (χ3v) is 4.31. The monoisotopic (exact) mass is 299 g/mol. The Balaban J connectivity index is 2.12. The summed E-state index contributed by atoms with van der Waals surface area (Å²) in [5.74, 6) is -0.0637. The van der Waals surface area contributed by atoms with Crippen LogP contribution in [-0.2, 0) is 16.4 Å². The summed E-state index contributed by atoms with van der Waals surface area (Å²) in [6.07, 6.45) is 1.71. The minimum Gasteiger partial charge on any atom is -0.396 e. The summed E-state index contributed by atoms with van der Waals surface area (Å²) in [5.41, 5.74) is 5.49. The fourth-order valence-corrected chi connectivity index (χ4v) is 2.98. The fourth-order valence-electron chi connectivity index (χ4n) is 1.69. The van der Waals surface area contributed by atoms with Gasteiger partial charge in [0.15, 0.2) is 0 Å². The first kappa shape index (κ1) is 14.4. The average Bonchev–Trinajstić information content (AvgIpc) is 2.86. The third-order valence-electron chi connectivity index (χ3n) is 2.70. The number of nitrogen functional groups attached to an aromatic ring is 1. The summed E-state index contributed by atoms with van der Waals surface area (Å²) in [7, 11) is -3.74. The molecule has 2 aromatic rings. The molecule has 2 rings (SSSR count). The molecule has 0 aliphatic rings. The minimum absolute atomic E-state index is 0.0334. The number of hydrogen-bond donors (Lipinski definition) is 3. The van der Waals surface area contributed by atoms with Crippen LogP contribution < -0.4 is 10.5 Å². The zero-order chi connectivity index (χ0) is 14.8. The number of aromatic nitrogens is 3. The molecule has 0 aliphatic carbocycles. The second kappa shape index (κ2) is 5.55. The molecule has 9 heteroatoms. The Morgan fingerprint density at radius 1 is 1.45 bits per heavy atom. The van der Waals surface area contributed by atoms with Crippen LogP contribution >= 0.6 is 0 Å². The van der Waals surface area contributed by atoms with Gasteiger partial charge in [-0.15, -0.1) is 0 Å². The van der Waals surface area contributed by atoms with Crippen molar-refractivity contribution in [2.24, 2.45) is 0 Å². The average molecular weight is 299 g/mol. The molecule has 1 heterocycles. The molecule has 0 bridgehead atoms. The lowest BCUT2D eigenvalue weighted by atomic mass is 10.2. The quantitative estimate of drug-likeness (QED) is 0.690. The highest BCUT2D eigenvalue weighted by molar-refractivity contribution is 7.89. The van der Waals surface area contributed by atoms with E-state index in [1.54, 1.807) is 0 Å². The minimum atomic E-state index is -3.74. The van der Waals surface area contributed by atoms with Gasteiger partial charge < -0.3 is 5.73 Å². The maximum Gasteiger partial charge on any atom is 0.240 e. The number of nitrogens with two attached hydrogens (primary N) is 1. The molecule has 0 radical (unpaired) electrons. The number of aromatic amines is 1. The van der Waals surface area contributed by atoms with Gasteiger partial charge in [-0.3, -0.25) is 5.10 Å². The number of H-pyrrole nitrogens is 1. The number of sulfonamides is 1. The van der Waals surface area contributed by atoms with Gasteiger partial charge in [0, 0.05) is 13.0 Å². The Morgan fingerprint density at radius 3 is 2.85 bits per heavy atom. The molecule has 0 spiro atoms. The van der Waals surface area contributed by atoms with Crippen LogP contribution in [0.1, 0.15) is 11.4 Å². The maximum atomic E-state index is 13.2. The lowest BCUT2D eigenvalue weighted by Crippen LogP contribution is -2.27. The number of nitrogens with zero attached hydrogens (tertiary/aromatic N) is 2. The SMILES string of the molecule is Cc1cc(F)c(N)cc1S(=O)(=O)NCCc1ncn[nH]1. The van der Waals surface area contributed by atoms with Crippen LogP contribution in [0.5, 0.6) is 0 Å². The molecular weight excluding hydrogens is 285 g/mol. The highest BCUT2D eigenvalue weighted by Crippen LogP contribution is 2.21. The molecule has 1 aromatic carbocycles. The first-order valence-corrected chi connectivity index (χ1v) is 7.28. The Hall–Kier alpha value is -2.00. The van der Waals surface area contributed by atoms with Crippen LogP contribution in [0.3, 0.4) is 0 Å². The van der Waals surface area contributed by atoms with Gasteiger partial charge in [0.25, 0.3) is 0 Å². The number of rotatable bonds is 5. The van der Waals surface area contributed by atoms with E-state index in [-0.39, 0.29) is 17.1 Å². The van der Waals surface area contributed by atoms with Crippen molar-refractivity contribution in [2.75, 3.05) is 12.3 Å². The molecule has 1 aromatic heterocycles. The Labute approximate surface area is 115 Å². The van der Waals surface area contributed by atoms with E-state index in [9.17, 15) is 12.8 Å². The lowest BCUT2D eigenvalue weighted by Gasteiger charge is -2.10. The standard InChI is InChI=1S/C11H14FN5O2S/c1-7-4-8(12)9(13)5-10(7)20(18,19)16-3-2-11-14-6-15-17-11/h4-6,16H,2-3,13H2,1H3,(H,14,15,17). The van der Waals surface area contributed by atoms with Gasteiger partial charge in [-0.2, -0.15) is 5.10 Å². The summed E-state index contributed by atoms with van der Waals surface area (Å²) in [4.78, 5) is 3.85. The molecule has 0 aliphatic heterocycles. The summed E-state index contributed by atoms with van der Waals surface area (Å²) in [5, 5.41) is 6.28. The van der Waals surface area contributed by atoms with Crippen LogP contribution in [0.25, 0.3) is 0 Å². The number of hydrogen-bond acceptors (Lipinski definition) is 5. The zero-order valence-electron chi connectivity index (χ0n) is 10.7. The van der Waals surface area contributed by atoms with E-state index in [4.69, 9.17) is 5.73 Å². The van der Waals surface area contributed by atoms with Crippen molar-refractivity contribution in [2.45, 2.75) is 18.2 Å². The van der Waals surface area contributed by atoms with Gasteiger partial charge >= 0.3 is 0 Å². The molecule has 0 atom stereocenters. The molecule has 0 fully saturated rings. The van der Waals surface area contributed by atoms with Crippen LogP contribution in [0.2, 0.25) is 0 Å². The van der Waals surface area contributed by atoms with Gasteiger partial charge in [0.2, 0.25) is 10.0 Å². The van der Waals surface area contributed by atoms with Crippen molar-refractivity contribution < 1.29 is 12.8 Å². The van der Waals surface area contributed by atoms with Crippen molar-refractivity contribution >= 4 is 15.7 Å². The van der Waals surface area contributed by atoms with Crippen LogP contribution in [0.15, 0.2) is 23.4 Å². The largest absolute Gasteiger partial charge is 0.396 e. The molecule has 0 saturated heterocycles. The Morgan fingerprint density at radius 2 is 2.20 bits per heavy atom. The molecule has 0 amide bonds. The Bertz CT molecular complexity index is 700. The van der Waals surface area contributed by atoms with Gasteiger partial charge in [-0.1, -0.05) is 0 Å². The first-order valence-electron chi connectivity index (χ1n) is 5.79. The van der Waals surface area contributed by atoms with Crippen molar-refractivity contribution in [1.82, 2.24) is 19.9 Å². The molecular formula is C11H14FN5O2S. The zero-order valence-corrected chi connectivity index (χ0v) is 11.5. The Kier molecular flexibility index (Phi) is 4.00. The van der Waals surface area contributed by atoms with Crippen molar-refractivity contribution in [1.29, 1.82) is 0 Å². The van der Waals surface area contributed by atoms with E-state index >= 15 is 0 Å². The molecule has 7 nitrogen and oxygen atoms in total. The summed E-state index contributed by atoms with van der Waals surface area (Å²) in [6, 6.07) is 2.21.